The lowest BCUT2D eigenvalue weighted by atomic mass is 9.99. The van der Waals surface area contributed by atoms with E-state index in [0.717, 1.165) is 56.9 Å². The van der Waals surface area contributed by atoms with Gasteiger partial charge in [0, 0.05) is 11.2 Å². The van der Waals surface area contributed by atoms with Crippen LogP contribution in [0.2, 0.25) is 0 Å². The number of likely N-dealkylation sites (tertiary alicyclic amines) is 1. The van der Waals surface area contributed by atoms with E-state index in [1.807, 2.05) is 0 Å². The van der Waals surface area contributed by atoms with Crippen LogP contribution in [0.4, 0.5) is 0 Å². The van der Waals surface area contributed by atoms with Gasteiger partial charge in [-0.25, -0.2) is 0 Å². The number of methoxy groups -OCH3 is 1. The van der Waals surface area contributed by atoms with Crippen molar-refractivity contribution in [2.75, 3.05) is 46.1 Å². The van der Waals surface area contributed by atoms with Crippen LogP contribution in [0.25, 0.3) is 0 Å². The van der Waals surface area contributed by atoms with Crippen LogP contribution in [0.15, 0.2) is 10.2 Å². The van der Waals surface area contributed by atoms with Crippen LogP contribution in [-0.4, -0.2) is 78.2 Å². The Morgan fingerprint density at radius 3 is 2.32 bits per heavy atom. The van der Waals surface area contributed by atoms with Crippen molar-refractivity contribution >= 4 is 56.8 Å². The standard InChI is InChI=1S/C17H29N5O3S.2ClH/c1-25-14(23)11-22-9-5-13(6-10-22)26(2)16(12-3-7-19-8-4-12)20-21-17(26)15(18)24;;/h12-13,19H,3-11H2,1-2H3,(H2,18,24);2*1H. The molecule has 11 heteroatoms. The average molecular weight is 456 g/mol. The zero-order valence-electron chi connectivity index (χ0n) is 16.4. The molecule has 8 nitrogen and oxygen atoms in total. The van der Waals surface area contributed by atoms with E-state index in [4.69, 9.17) is 10.5 Å². The third-order valence-electron chi connectivity index (χ3n) is 5.76. The van der Waals surface area contributed by atoms with Gasteiger partial charge >= 0.3 is 5.97 Å². The fraction of sp³-hybridized carbons (Fsp3) is 0.765. The number of nitrogens with one attached hydrogen (secondary N) is 1. The Bertz CT molecular complexity index is 634. The van der Waals surface area contributed by atoms with E-state index < -0.39 is 15.9 Å². The van der Waals surface area contributed by atoms with Crippen molar-refractivity contribution < 1.29 is 14.3 Å². The SMILES string of the molecule is COC(=O)CN1CCC(S2(C)C(C(N)=O)=NN=C2C2CCNCC2)CC1.Cl.Cl. The fourth-order valence-electron chi connectivity index (χ4n) is 4.23. The quantitative estimate of drug-likeness (QED) is 0.603. The minimum absolute atomic E-state index is 0. The smallest absolute Gasteiger partial charge is 0.319 e. The van der Waals surface area contributed by atoms with Crippen LogP contribution in [0.5, 0.6) is 0 Å². The maximum atomic E-state index is 12.1. The van der Waals surface area contributed by atoms with Gasteiger partial charge in [-0.1, -0.05) is 0 Å². The van der Waals surface area contributed by atoms with E-state index >= 15 is 0 Å². The first-order valence-electron chi connectivity index (χ1n) is 9.19. The summed E-state index contributed by atoms with van der Waals surface area (Å²) >= 11 is 0. The molecule has 0 aliphatic carbocycles. The first-order valence-corrected chi connectivity index (χ1v) is 11.3. The number of primary amides is 1. The Hall–Kier alpha value is -0.870. The Morgan fingerprint density at radius 2 is 1.79 bits per heavy atom. The molecule has 0 aromatic carbocycles. The second kappa shape index (κ2) is 10.8. The van der Waals surface area contributed by atoms with E-state index in [1.54, 1.807) is 0 Å². The molecule has 1 atom stereocenters. The van der Waals surface area contributed by atoms with E-state index in [9.17, 15) is 9.59 Å². The molecule has 0 radical (unpaired) electrons. The zero-order valence-corrected chi connectivity index (χ0v) is 18.8. The molecule has 28 heavy (non-hydrogen) atoms. The maximum Gasteiger partial charge on any atom is 0.319 e. The number of nitrogens with zero attached hydrogens (tertiary/aromatic N) is 3. The molecule has 3 N–H and O–H groups in total. The zero-order chi connectivity index (χ0) is 18.7. The van der Waals surface area contributed by atoms with Crippen LogP contribution in [0.1, 0.15) is 25.7 Å². The van der Waals surface area contributed by atoms with Crippen molar-refractivity contribution in [1.29, 1.82) is 0 Å². The highest BCUT2D eigenvalue weighted by Crippen LogP contribution is 2.60. The van der Waals surface area contributed by atoms with Gasteiger partial charge in [-0.05, 0) is 58.1 Å². The Morgan fingerprint density at radius 1 is 1.18 bits per heavy atom. The number of ether oxygens (including phenoxy) is 1. The Kier molecular flexibility index (Phi) is 9.69. The van der Waals surface area contributed by atoms with Gasteiger partial charge in [0.15, 0.2) is 5.04 Å². The monoisotopic (exact) mass is 455 g/mol. The lowest BCUT2D eigenvalue weighted by molar-refractivity contribution is -0.142. The summed E-state index contributed by atoms with van der Waals surface area (Å²) in [5.41, 5.74) is 5.68. The summed E-state index contributed by atoms with van der Waals surface area (Å²) in [5.74, 6) is -0.267. The van der Waals surface area contributed by atoms with E-state index in [0.29, 0.717) is 22.8 Å². The molecule has 1 amide bonds. The normalized spacial score (nSPS) is 28.8. The summed E-state index contributed by atoms with van der Waals surface area (Å²) in [4.78, 5) is 25.7. The summed E-state index contributed by atoms with van der Waals surface area (Å²) in [6.07, 6.45) is 6.07. The fourth-order valence-corrected chi connectivity index (χ4v) is 8.01. The molecule has 0 aromatic heterocycles. The van der Waals surface area contributed by atoms with Crippen LogP contribution in [-0.2, 0) is 14.3 Å². The van der Waals surface area contributed by atoms with E-state index in [2.05, 4.69) is 26.7 Å². The number of piperidine rings is 2. The van der Waals surface area contributed by atoms with Crippen molar-refractivity contribution in [3.8, 4) is 0 Å². The summed E-state index contributed by atoms with van der Waals surface area (Å²) in [5, 5.41) is 14.1. The number of hydrogen-bond acceptors (Lipinski definition) is 7. The number of hydrogen-bond donors (Lipinski definition) is 2. The molecule has 2 fully saturated rings. The number of rotatable bonds is 5. The lowest BCUT2D eigenvalue weighted by Gasteiger charge is -2.46. The Balaban J connectivity index is 0.00000196. The van der Waals surface area contributed by atoms with Gasteiger partial charge in [0.25, 0.3) is 5.91 Å². The number of halogens is 2. The highest BCUT2D eigenvalue weighted by molar-refractivity contribution is 8.57. The van der Waals surface area contributed by atoms with Crippen LogP contribution in [0.3, 0.4) is 0 Å². The van der Waals surface area contributed by atoms with Crippen molar-refractivity contribution in [3.05, 3.63) is 0 Å². The minimum atomic E-state index is -1.59. The van der Waals surface area contributed by atoms with Gasteiger partial charge in [0.05, 0.1) is 18.7 Å². The van der Waals surface area contributed by atoms with Gasteiger partial charge in [-0.2, -0.15) is 0 Å². The predicted octanol–water partition coefficient (Wildman–Crippen LogP) is 1.11. The summed E-state index contributed by atoms with van der Waals surface area (Å²) in [6.45, 7) is 3.90. The molecule has 3 heterocycles. The highest BCUT2D eigenvalue weighted by atomic mass is 35.5. The summed E-state index contributed by atoms with van der Waals surface area (Å²) in [6, 6.07) is 0. The van der Waals surface area contributed by atoms with Gasteiger partial charge in [0.1, 0.15) is 0 Å². The van der Waals surface area contributed by atoms with Crippen molar-refractivity contribution in [2.45, 2.75) is 30.9 Å². The first-order chi connectivity index (χ1) is 12.5. The number of nitrogens with two attached hydrogens (primary N) is 1. The van der Waals surface area contributed by atoms with Crippen LogP contribution >= 0.6 is 34.8 Å². The summed E-state index contributed by atoms with van der Waals surface area (Å²) < 4.78 is 4.76. The third-order valence-corrected chi connectivity index (χ3v) is 9.93. The molecule has 2 saturated heterocycles. The van der Waals surface area contributed by atoms with Gasteiger partial charge < -0.3 is 15.8 Å². The molecular weight excluding hydrogens is 425 g/mol. The molecule has 162 valence electrons. The molecule has 0 spiro atoms. The first kappa shape index (κ1) is 25.2. The summed E-state index contributed by atoms with van der Waals surface area (Å²) in [7, 11) is -0.176. The van der Waals surface area contributed by atoms with Crippen molar-refractivity contribution in [3.63, 3.8) is 0 Å². The second-order valence-corrected chi connectivity index (χ2v) is 10.7. The lowest BCUT2D eigenvalue weighted by Crippen LogP contribution is -2.46. The number of esters is 1. The van der Waals surface area contributed by atoms with Crippen molar-refractivity contribution in [2.24, 2.45) is 21.9 Å². The van der Waals surface area contributed by atoms with Gasteiger partial charge in [-0.3, -0.25) is 14.5 Å². The molecule has 0 aromatic rings. The predicted molar refractivity (Wildman–Crippen MR) is 119 cm³/mol. The third kappa shape index (κ3) is 4.99. The highest BCUT2D eigenvalue weighted by Gasteiger charge is 2.47. The van der Waals surface area contributed by atoms with Gasteiger partial charge in [-0.15, -0.1) is 45.0 Å². The topological polar surface area (TPSA) is 109 Å². The second-order valence-electron chi connectivity index (χ2n) is 7.27. The van der Waals surface area contributed by atoms with Crippen LogP contribution < -0.4 is 11.1 Å². The molecule has 3 aliphatic heterocycles. The van der Waals surface area contributed by atoms with Crippen molar-refractivity contribution in [1.82, 2.24) is 10.2 Å². The number of amides is 1. The molecule has 0 saturated carbocycles. The van der Waals surface area contributed by atoms with Gasteiger partial charge in [0.2, 0.25) is 0 Å². The number of carbonyl (C=O) groups is 2. The maximum absolute atomic E-state index is 12.1. The number of carbonyl (C=O) groups excluding carboxylic acids is 2. The molecule has 1 unspecified atom stereocenters. The minimum Gasteiger partial charge on any atom is -0.468 e. The molecule has 0 bridgehead atoms. The Labute approximate surface area is 180 Å². The van der Waals surface area contributed by atoms with E-state index in [-0.39, 0.29) is 30.8 Å². The average Bonchev–Trinajstić information content (AvgIpc) is 3.01. The molecule has 3 rings (SSSR count). The molecule has 3 aliphatic rings. The largest absolute Gasteiger partial charge is 0.468 e. The van der Waals surface area contributed by atoms with E-state index in [1.165, 1.54) is 7.11 Å². The molecular formula is C17H31Cl2N5O3S. The van der Waals surface area contributed by atoms with Crippen LogP contribution in [0, 0.1) is 5.92 Å².